The molecule has 2 aromatic carbocycles. The average molecular weight is 339 g/mol. The van der Waals surface area contributed by atoms with Gasteiger partial charge >= 0.3 is 0 Å². The molecule has 0 bridgehead atoms. The number of thioether (sulfide) groups is 1. The van der Waals surface area contributed by atoms with E-state index in [9.17, 15) is 14.9 Å². The molecule has 0 unspecified atom stereocenters. The quantitative estimate of drug-likeness (QED) is 0.524. The Bertz CT molecular complexity index is 890. The molecule has 0 saturated carbocycles. The smallest absolute Gasteiger partial charge is 0.270 e. The molecule has 120 valence electrons. The second-order valence-electron chi connectivity index (χ2n) is 5.12. The number of hydrogen-bond acceptors (Lipinski definition) is 5. The third-order valence-corrected chi connectivity index (χ3v) is 4.28. The summed E-state index contributed by atoms with van der Waals surface area (Å²) in [6.45, 7) is 1.95. The maximum absolute atomic E-state index is 12.1. The molecule has 0 spiro atoms. The number of benzene rings is 2. The topological polar surface area (TPSA) is 84.6 Å². The summed E-state index contributed by atoms with van der Waals surface area (Å²) in [6, 6.07) is 13.8. The van der Waals surface area contributed by atoms with Crippen molar-refractivity contribution in [2.24, 2.45) is 4.99 Å². The van der Waals surface area contributed by atoms with Crippen LogP contribution in [0.1, 0.15) is 11.1 Å². The molecule has 1 aliphatic rings. The van der Waals surface area contributed by atoms with Gasteiger partial charge in [-0.3, -0.25) is 14.9 Å². The molecule has 24 heavy (non-hydrogen) atoms. The number of aryl methyl sites for hydroxylation is 1. The van der Waals surface area contributed by atoms with E-state index < -0.39 is 4.92 Å². The summed E-state index contributed by atoms with van der Waals surface area (Å²) in [6.07, 6.45) is 1.62. The van der Waals surface area contributed by atoms with Crippen LogP contribution in [0.15, 0.2) is 58.4 Å². The number of para-hydroxylation sites is 1. The van der Waals surface area contributed by atoms with Crippen LogP contribution in [0, 0.1) is 17.0 Å². The van der Waals surface area contributed by atoms with Gasteiger partial charge in [-0.05, 0) is 42.0 Å². The third-order valence-electron chi connectivity index (χ3n) is 3.37. The first-order valence-electron chi connectivity index (χ1n) is 7.12. The van der Waals surface area contributed by atoms with Crippen LogP contribution < -0.4 is 5.32 Å². The van der Waals surface area contributed by atoms with Gasteiger partial charge in [0.15, 0.2) is 5.17 Å². The van der Waals surface area contributed by atoms with Crippen molar-refractivity contribution in [3.8, 4) is 0 Å². The Balaban J connectivity index is 1.86. The highest BCUT2D eigenvalue weighted by Gasteiger charge is 2.24. The Kier molecular flexibility index (Phi) is 4.43. The maximum Gasteiger partial charge on any atom is 0.270 e. The van der Waals surface area contributed by atoms with E-state index >= 15 is 0 Å². The Labute approximate surface area is 142 Å². The van der Waals surface area contributed by atoms with Gasteiger partial charge in [0.05, 0.1) is 15.5 Å². The van der Waals surface area contributed by atoms with Gasteiger partial charge in [-0.25, -0.2) is 4.99 Å². The normalized spacial score (nSPS) is 17.3. The lowest BCUT2D eigenvalue weighted by atomic mass is 10.2. The van der Waals surface area contributed by atoms with Crippen LogP contribution in [0.25, 0.3) is 6.08 Å². The number of amides is 1. The minimum atomic E-state index is -0.463. The first kappa shape index (κ1) is 15.9. The second kappa shape index (κ2) is 6.67. The van der Waals surface area contributed by atoms with Crippen molar-refractivity contribution in [3.63, 3.8) is 0 Å². The molecular weight excluding hydrogens is 326 g/mol. The number of amidine groups is 1. The van der Waals surface area contributed by atoms with Crippen molar-refractivity contribution in [3.05, 3.63) is 74.7 Å². The zero-order valence-electron chi connectivity index (χ0n) is 12.7. The molecule has 2 aromatic rings. The Hall–Kier alpha value is -2.93. The Morgan fingerprint density at radius 2 is 2.00 bits per heavy atom. The highest BCUT2D eigenvalue weighted by atomic mass is 32.2. The van der Waals surface area contributed by atoms with Crippen LogP contribution in [0.3, 0.4) is 0 Å². The number of carbonyl (C=O) groups excluding carboxylic acids is 1. The van der Waals surface area contributed by atoms with E-state index in [0.29, 0.717) is 15.6 Å². The fourth-order valence-electron chi connectivity index (χ4n) is 2.16. The summed E-state index contributed by atoms with van der Waals surface area (Å²) < 4.78 is 0. The van der Waals surface area contributed by atoms with Crippen LogP contribution in [0.2, 0.25) is 0 Å². The van der Waals surface area contributed by atoms with Crippen LogP contribution >= 0.6 is 11.8 Å². The van der Waals surface area contributed by atoms with Gasteiger partial charge in [0.1, 0.15) is 0 Å². The molecule has 1 amide bonds. The first-order chi connectivity index (χ1) is 11.5. The van der Waals surface area contributed by atoms with Gasteiger partial charge in [-0.1, -0.05) is 30.3 Å². The van der Waals surface area contributed by atoms with Crippen LogP contribution in [-0.4, -0.2) is 16.0 Å². The fourth-order valence-corrected chi connectivity index (χ4v) is 2.99. The summed E-state index contributed by atoms with van der Waals surface area (Å²) in [4.78, 5) is 27.3. The number of nitro groups is 1. The van der Waals surface area contributed by atoms with E-state index in [0.717, 1.165) is 11.3 Å². The van der Waals surface area contributed by atoms with Crippen molar-refractivity contribution >= 4 is 40.3 Å². The standard InChI is InChI=1S/C17H13N3O3S/c1-11-5-2-3-8-14(11)18-17-19-16(21)15(24-17)10-12-6-4-7-13(9-12)20(22)23/h2-10H,1H3,(H,18,19,21)/b15-10+. The van der Waals surface area contributed by atoms with Crippen molar-refractivity contribution in [2.45, 2.75) is 6.92 Å². The van der Waals surface area contributed by atoms with Gasteiger partial charge in [0, 0.05) is 12.1 Å². The Morgan fingerprint density at radius 1 is 1.21 bits per heavy atom. The lowest BCUT2D eigenvalue weighted by Crippen LogP contribution is -2.19. The lowest BCUT2D eigenvalue weighted by molar-refractivity contribution is -0.384. The molecule has 3 rings (SSSR count). The largest absolute Gasteiger partial charge is 0.300 e. The molecule has 1 fully saturated rings. The predicted octanol–water partition coefficient (Wildman–Crippen LogP) is 3.79. The van der Waals surface area contributed by atoms with Gasteiger partial charge in [-0.15, -0.1) is 0 Å². The minimum absolute atomic E-state index is 0.0124. The fraction of sp³-hybridized carbons (Fsp3) is 0.0588. The molecule has 1 N–H and O–H groups in total. The molecule has 0 aromatic heterocycles. The van der Waals surface area contributed by atoms with E-state index in [2.05, 4.69) is 10.3 Å². The number of carbonyl (C=O) groups is 1. The van der Waals surface area contributed by atoms with Crippen molar-refractivity contribution in [2.75, 3.05) is 0 Å². The monoisotopic (exact) mass is 339 g/mol. The highest BCUT2D eigenvalue weighted by molar-refractivity contribution is 8.18. The molecular formula is C17H13N3O3S. The number of nitrogens with one attached hydrogen (secondary N) is 1. The molecule has 0 aliphatic carbocycles. The first-order valence-corrected chi connectivity index (χ1v) is 7.94. The Morgan fingerprint density at radius 3 is 2.75 bits per heavy atom. The summed E-state index contributed by atoms with van der Waals surface area (Å²) in [5.41, 5.74) is 2.38. The van der Waals surface area contributed by atoms with Crippen LogP contribution in [-0.2, 0) is 4.79 Å². The van der Waals surface area contributed by atoms with E-state index in [1.807, 2.05) is 31.2 Å². The number of rotatable bonds is 3. The summed E-state index contributed by atoms with van der Waals surface area (Å²) in [5, 5.41) is 14.0. The highest BCUT2D eigenvalue weighted by Crippen LogP contribution is 2.29. The van der Waals surface area contributed by atoms with Gasteiger partial charge in [0.25, 0.3) is 11.6 Å². The zero-order valence-corrected chi connectivity index (χ0v) is 13.5. The van der Waals surface area contributed by atoms with Crippen LogP contribution in [0.5, 0.6) is 0 Å². The maximum atomic E-state index is 12.1. The molecule has 6 nitrogen and oxygen atoms in total. The number of aliphatic imine (C=N–C) groups is 1. The molecule has 1 aliphatic heterocycles. The van der Waals surface area contributed by atoms with Gasteiger partial charge < -0.3 is 5.32 Å². The third kappa shape index (κ3) is 3.52. The van der Waals surface area contributed by atoms with E-state index in [1.54, 1.807) is 18.2 Å². The molecule has 7 heteroatoms. The summed E-state index contributed by atoms with van der Waals surface area (Å²) >= 11 is 1.21. The zero-order chi connectivity index (χ0) is 17.1. The molecule has 0 atom stereocenters. The lowest BCUT2D eigenvalue weighted by Gasteiger charge is -1.99. The van der Waals surface area contributed by atoms with Gasteiger partial charge in [-0.2, -0.15) is 0 Å². The summed E-state index contributed by atoms with van der Waals surface area (Å²) in [5.74, 6) is -0.265. The van der Waals surface area contributed by atoms with E-state index in [4.69, 9.17) is 0 Å². The minimum Gasteiger partial charge on any atom is -0.300 e. The van der Waals surface area contributed by atoms with Crippen molar-refractivity contribution in [1.82, 2.24) is 5.32 Å². The van der Waals surface area contributed by atoms with E-state index in [1.165, 1.54) is 23.9 Å². The number of nitrogens with zero attached hydrogens (tertiary/aromatic N) is 2. The second-order valence-corrected chi connectivity index (χ2v) is 6.15. The molecule has 1 heterocycles. The number of non-ortho nitro benzene ring substituents is 1. The summed E-state index contributed by atoms with van der Waals surface area (Å²) in [7, 11) is 0. The van der Waals surface area contributed by atoms with E-state index in [-0.39, 0.29) is 11.6 Å². The average Bonchev–Trinajstić information content (AvgIpc) is 2.89. The van der Waals surface area contributed by atoms with Crippen molar-refractivity contribution in [1.29, 1.82) is 0 Å². The SMILES string of the molecule is Cc1ccccc1N=C1NC(=O)/C(=C\c2cccc([N+](=O)[O-])c2)S1. The van der Waals surface area contributed by atoms with Crippen LogP contribution in [0.4, 0.5) is 11.4 Å². The van der Waals surface area contributed by atoms with Gasteiger partial charge in [0.2, 0.25) is 0 Å². The van der Waals surface area contributed by atoms with Crippen molar-refractivity contribution < 1.29 is 9.72 Å². The molecule has 0 radical (unpaired) electrons. The predicted molar refractivity (Wildman–Crippen MR) is 95.1 cm³/mol. The number of hydrogen-bond donors (Lipinski definition) is 1. The number of nitro benzene ring substituents is 1. The molecule has 1 saturated heterocycles.